The fourth-order valence-corrected chi connectivity index (χ4v) is 4.61. The van der Waals surface area contributed by atoms with Crippen molar-refractivity contribution in [3.63, 3.8) is 0 Å². The molecular weight excluding hydrogens is 384 g/mol. The van der Waals surface area contributed by atoms with Crippen molar-refractivity contribution in [1.29, 1.82) is 0 Å². The molecule has 0 bridgehead atoms. The van der Waals surface area contributed by atoms with Crippen LogP contribution in [0, 0.1) is 0 Å². The number of benzene rings is 2. The van der Waals surface area contributed by atoms with E-state index in [0.717, 1.165) is 26.0 Å². The first kappa shape index (κ1) is 17.8. The molecule has 0 saturated carbocycles. The third kappa shape index (κ3) is 3.15. The van der Waals surface area contributed by atoms with Crippen LogP contribution in [0.25, 0.3) is 21.1 Å². The van der Waals surface area contributed by atoms with Crippen LogP contribution in [-0.2, 0) is 29.2 Å². The molecule has 0 spiro atoms. The van der Waals surface area contributed by atoms with Gasteiger partial charge in [0, 0.05) is 16.6 Å². The molecule has 0 aliphatic carbocycles. The molecule has 4 rings (SSSR count). The SMILES string of the molecule is CCn1c(=O)n(CC(=O)OCc2sc3ccccc3c2Cl)c2ccccc21. The van der Waals surface area contributed by atoms with E-state index in [2.05, 4.69) is 0 Å². The van der Waals surface area contributed by atoms with Crippen molar-refractivity contribution in [3.05, 3.63) is 68.9 Å². The second-order valence-corrected chi connectivity index (χ2v) is 7.61. The highest BCUT2D eigenvalue weighted by atomic mass is 35.5. The Balaban J connectivity index is 1.55. The molecule has 0 aliphatic heterocycles. The number of aryl methyl sites for hydroxylation is 1. The highest BCUT2D eigenvalue weighted by molar-refractivity contribution is 7.19. The number of carbonyl (C=O) groups is 1. The number of ether oxygens (including phenoxy) is 1. The summed E-state index contributed by atoms with van der Waals surface area (Å²) in [5, 5.41) is 1.57. The van der Waals surface area contributed by atoms with Crippen molar-refractivity contribution >= 4 is 50.0 Å². The maximum atomic E-state index is 12.6. The summed E-state index contributed by atoms with van der Waals surface area (Å²) in [6.07, 6.45) is 0. The lowest BCUT2D eigenvalue weighted by Gasteiger charge is -2.05. The first-order valence-corrected chi connectivity index (χ1v) is 9.79. The summed E-state index contributed by atoms with van der Waals surface area (Å²) in [6, 6.07) is 15.2. The van der Waals surface area contributed by atoms with Crippen molar-refractivity contribution < 1.29 is 9.53 Å². The van der Waals surface area contributed by atoms with Gasteiger partial charge in [0.25, 0.3) is 0 Å². The normalized spacial score (nSPS) is 11.3. The minimum atomic E-state index is -0.468. The Kier molecular flexibility index (Phi) is 4.76. The van der Waals surface area contributed by atoms with Crippen molar-refractivity contribution in [3.8, 4) is 0 Å². The number of rotatable bonds is 5. The summed E-state index contributed by atoms with van der Waals surface area (Å²) in [7, 11) is 0. The molecule has 0 N–H and O–H groups in total. The first-order valence-electron chi connectivity index (χ1n) is 8.59. The van der Waals surface area contributed by atoms with Crippen LogP contribution in [0.3, 0.4) is 0 Å². The Labute approximate surface area is 164 Å². The first-order chi connectivity index (χ1) is 13.1. The summed E-state index contributed by atoms with van der Waals surface area (Å²) in [5.41, 5.74) is 1.32. The van der Waals surface area contributed by atoms with Crippen molar-refractivity contribution in [2.45, 2.75) is 26.6 Å². The quantitative estimate of drug-likeness (QED) is 0.465. The average molecular weight is 401 g/mol. The maximum Gasteiger partial charge on any atom is 0.329 e. The average Bonchev–Trinajstić information content (AvgIpc) is 3.15. The van der Waals surface area contributed by atoms with Crippen LogP contribution < -0.4 is 5.69 Å². The molecule has 4 aromatic rings. The lowest BCUT2D eigenvalue weighted by Crippen LogP contribution is -2.27. The van der Waals surface area contributed by atoms with E-state index < -0.39 is 5.97 Å². The molecule has 0 aliphatic rings. The Morgan fingerprint density at radius 2 is 1.74 bits per heavy atom. The molecule has 27 heavy (non-hydrogen) atoms. The van der Waals surface area contributed by atoms with Gasteiger partial charge in [0.1, 0.15) is 13.2 Å². The molecular formula is C20H17ClN2O3S. The minimum absolute atomic E-state index is 0.0954. The minimum Gasteiger partial charge on any atom is -0.459 e. The largest absolute Gasteiger partial charge is 0.459 e. The predicted molar refractivity (Wildman–Crippen MR) is 109 cm³/mol. The molecule has 0 radical (unpaired) electrons. The fraction of sp³-hybridized carbons (Fsp3) is 0.200. The van der Waals surface area contributed by atoms with Gasteiger partial charge in [-0.1, -0.05) is 41.9 Å². The topological polar surface area (TPSA) is 53.2 Å². The van der Waals surface area contributed by atoms with Gasteiger partial charge in [-0.05, 0) is 25.1 Å². The Morgan fingerprint density at radius 3 is 2.44 bits per heavy atom. The van der Waals surface area contributed by atoms with Gasteiger partial charge in [0.15, 0.2) is 0 Å². The van der Waals surface area contributed by atoms with E-state index in [-0.39, 0.29) is 18.8 Å². The summed E-state index contributed by atoms with van der Waals surface area (Å²) in [6.45, 7) is 2.41. The number of imidazole rings is 1. The molecule has 7 heteroatoms. The van der Waals surface area contributed by atoms with Crippen LogP contribution in [0.15, 0.2) is 53.3 Å². The summed E-state index contributed by atoms with van der Waals surface area (Å²) in [4.78, 5) is 25.8. The second-order valence-electron chi connectivity index (χ2n) is 6.10. The van der Waals surface area contributed by atoms with Crippen LogP contribution >= 0.6 is 22.9 Å². The highest BCUT2D eigenvalue weighted by Crippen LogP contribution is 2.35. The summed E-state index contributed by atoms with van der Waals surface area (Å²) in [5.74, 6) is -0.468. The Morgan fingerprint density at radius 1 is 1.07 bits per heavy atom. The molecule has 0 fully saturated rings. The molecule has 0 amide bonds. The number of thiophene rings is 1. The van der Waals surface area contributed by atoms with E-state index in [9.17, 15) is 9.59 Å². The van der Waals surface area contributed by atoms with E-state index in [4.69, 9.17) is 16.3 Å². The van der Waals surface area contributed by atoms with Gasteiger partial charge in [-0.25, -0.2) is 4.79 Å². The van der Waals surface area contributed by atoms with Crippen LogP contribution in [0.1, 0.15) is 11.8 Å². The van der Waals surface area contributed by atoms with Crippen molar-refractivity contribution in [2.75, 3.05) is 0 Å². The standard InChI is InChI=1S/C20H17ClN2O3S/c1-2-22-14-8-4-5-9-15(14)23(20(22)25)11-18(24)26-12-17-19(21)13-7-3-6-10-16(13)27-17/h3-10H,2,11-12H2,1H3. The lowest BCUT2D eigenvalue weighted by atomic mass is 10.2. The van der Waals surface area contributed by atoms with Gasteiger partial charge >= 0.3 is 11.7 Å². The Hall–Kier alpha value is -2.57. The summed E-state index contributed by atoms with van der Waals surface area (Å²) >= 11 is 7.89. The lowest BCUT2D eigenvalue weighted by molar-refractivity contribution is -0.145. The van der Waals surface area contributed by atoms with Gasteiger partial charge in [-0.15, -0.1) is 11.3 Å². The van der Waals surface area contributed by atoms with Gasteiger partial charge in [-0.3, -0.25) is 13.9 Å². The number of aromatic nitrogens is 2. The van der Waals surface area contributed by atoms with Crippen LogP contribution in [-0.4, -0.2) is 15.1 Å². The monoisotopic (exact) mass is 400 g/mol. The number of halogens is 1. The molecule has 0 unspecified atom stereocenters. The molecule has 0 atom stereocenters. The maximum absolute atomic E-state index is 12.6. The van der Waals surface area contributed by atoms with Crippen LogP contribution in [0.5, 0.6) is 0 Å². The van der Waals surface area contributed by atoms with Gasteiger partial charge in [0.2, 0.25) is 0 Å². The zero-order chi connectivity index (χ0) is 19.0. The molecule has 2 aromatic carbocycles. The smallest absolute Gasteiger partial charge is 0.329 e. The van der Waals surface area contributed by atoms with Gasteiger partial charge < -0.3 is 4.74 Å². The van der Waals surface area contributed by atoms with Crippen LogP contribution in [0.2, 0.25) is 5.02 Å². The zero-order valence-corrected chi connectivity index (χ0v) is 16.2. The van der Waals surface area contributed by atoms with E-state index >= 15 is 0 Å². The second kappa shape index (κ2) is 7.21. The predicted octanol–water partition coefficient (Wildman–Crippen LogP) is 4.43. The van der Waals surface area contributed by atoms with Crippen LogP contribution in [0.4, 0.5) is 0 Å². The number of esters is 1. The third-order valence-electron chi connectivity index (χ3n) is 4.49. The highest BCUT2D eigenvalue weighted by Gasteiger charge is 2.16. The number of carbonyl (C=O) groups excluding carboxylic acids is 1. The van der Waals surface area contributed by atoms with Crippen molar-refractivity contribution in [1.82, 2.24) is 9.13 Å². The number of para-hydroxylation sites is 2. The molecule has 5 nitrogen and oxygen atoms in total. The molecule has 138 valence electrons. The number of hydrogen-bond acceptors (Lipinski definition) is 4. The van der Waals surface area contributed by atoms with Gasteiger partial charge in [-0.2, -0.15) is 0 Å². The molecule has 2 aromatic heterocycles. The number of hydrogen-bond donors (Lipinski definition) is 0. The third-order valence-corrected chi connectivity index (χ3v) is 6.18. The number of nitrogens with zero attached hydrogens (tertiary/aromatic N) is 2. The Bertz CT molecular complexity index is 1210. The fourth-order valence-electron chi connectivity index (χ4n) is 3.21. The zero-order valence-electron chi connectivity index (χ0n) is 14.6. The van der Waals surface area contributed by atoms with E-state index in [1.165, 1.54) is 15.9 Å². The van der Waals surface area contributed by atoms with E-state index in [0.29, 0.717) is 11.6 Å². The van der Waals surface area contributed by atoms with E-state index in [1.807, 2.05) is 55.5 Å². The number of fused-ring (bicyclic) bond motifs is 2. The summed E-state index contributed by atoms with van der Waals surface area (Å²) < 4.78 is 9.56. The van der Waals surface area contributed by atoms with Gasteiger partial charge in [0.05, 0.1) is 20.9 Å². The van der Waals surface area contributed by atoms with Crippen molar-refractivity contribution in [2.24, 2.45) is 0 Å². The molecule has 2 heterocycles. The van der Waals surface area contributed by atoms with E-state index in [1.54, 1.807) is 4.57 Å². The molecule has 0 saturated heterocycles.